The highest BCUT2D eigenvalue weighted by molar-refractivity contribution is 6.14. The highest BCUT2D eigenvalue weighted by Crippen LogP contribution is 2.40. The number of hydrogen-bond acceptors (Lipinski definition) is 7. The maximum absolute atomic E-state index is 12.6. The Morgan fingerprint density at radius 1 is 1.33 bits per heavy atom. The lowest BCUT2D eigenvalue weighted by atomic mass is 10.0. The quantitative estimate of drug-likeness (QED) is 0.425. The van der Waals surface area contributed by atoms with Gasteiger partial charge in [0.15, 0.2) is 0 Å². The van der Waals surface area contributed by atoms with E-state index in [0.29, 0.717) is 42.3 Å². The first-order chi connectivity index (χ1) is 15.5. The third-order valence-corrected chi connectivity index (χ3v) is 6.50. The number of piperazine rings is 1. The van der Waals surface area contributed by atoms with Crippen LogP contribution in [0.3, 0.4) is 0 Å². The van der Waals surface area contributed by atoms with E-state index < -0.39 is 12.6 Å². The number of alkyl halides is 3. The van der Waals surface area contributed by atoms with Crippen molar-refractivity contribution in [3.8, 4) is 5.75 Å². The summed E-state index contributed by atoms with van der Waals surface area (Å²) in [5.74, 6) is 0.689. The van der Waals surface area contributed by atoms with Gasteiger partial charge in [0, 0.05) is 43.5 Å². The number of ether oxygens (including phenoxy) is 1. The van der Waals surface area contributed by atoms with Crippen molar-refractivity contribution < 1.29 is 17.9 Å². The summed E-state index contributed by atoms with van der Waals surface area (Å²) in [6.07, 6.45) is 0.225. The first-order valence-corrected chi connectivity index (χ1v) is 11.3. The van der Waals surface area contributed by atoms with E-state index in [2.05, 4.69) is 22.1 Å². The maximum atomic E-state index is 12.6. The summed E-state index contributed by atoms with van der Waals surface area (Å²) in [5, 5.41) is 11.8. The minimum atomic E-state index is -4.14. The molecule has 1 saturated heterocycles. The van der Waals surface area contributed by atoms with Crippen molar-refractivity contribution in [3.05, 3.63) is 35.5 Å². The zero-order valence-corrected chi connectivity index (χ0v) is 19.0. The van der Waals surface area contributed by atoms with Crippen molar-refractivity contribution >= 4 is 17.7 Å². The normalized spacial score (nSPS) is 25.3. The molecule has 33 heavy (non-hydrogen) atoms. The highest BCUT2D eigenvalue weighted by atomic mass is 19.4. The molecule has 1 aliphatic carbocycles. The molecule has 0 spiro atoms. The fourth-order valence-corrected chi connectivity index (χ4v) is 4.17. The monoisotopic (exact) mass is 464 g/mol. The number of anilines is 1. The zero-order chi connectivity index (χ0) is 23.8. The summed E-state index contributed by atoms with van der Waals surface area (Å²) in [6, 6.07) is 5.35. The average molecular weight is 465 g/mol. The van der Waals surface area contributed by atoms with Gasteiger partial charge in [-0.25, -0.2) is 0 Å². The van der Waals surface area contributed by atoms with E-state index in [0.717, 1.165) is 12.8 Å². The van der Waals surface area contributed by atoms with Crippen molar-refractivity contribution in [2.45, 2.75) is 57.1 Å². The van der Waals surface area contributed by atoms with Crippen molar-refractivity contribution in [2.75, 3.05) is 31.9 Å². The smallest absolute Gasteiger partial charge is 0.390 e. The molecule has 2 heterocycles. The van der Waals surface area contributed by atoms with Gasteiger partial charge in [-0.15, -0.1) is 0 Å². The number of nitrogens with zero attached hydrogens (tertiary/aromatic N) is 3. The number of rotatable bonds is 7. The summed E-state index contributed by atoms with van der Waals surface area (Å²) in [5.41, 5.74) is 7.93. The van der Waals surface area contributed by atoms with Crippen LogP contribution in [0.1, 0.15) is 38.7 Å². The lowest BCUT2D eigenvalue weighted by Crippen LogP contribution is -2.55. The first kappa shape index (κ1) is 23.6. The van der Waals surface area contributed by atoms with Gasteiger partial charge in [0.25, 0.3) is 0 Å². The summed E-state index contributed by atoms with van der Waals surface area (Å²) in [6.45, 7) is 5.75. The van der Waals surface area contributed by atoms with E-state index in [9.17, 15) is 13.2 Å². The Balaban J connectivity index is 1.42. The fourth-order valence-electron chi connectivity index (χ4n) is 4.17. The summed E-state index contributed by atoms with van der Waals surface area (Å²) in [7, 11) is 0. The predicted molar refractivity (Wildman–Crippen MR) is 123 cm³/mol. The summed E-state index contributed by atoms with van der Waals surface area (Å²) >= 11 is 0. The van der Waals surface area contributed by atoms with Crippen LogP contribution < -0.4 is 15.8 Å². The van der Waals surface area contributed by atoms with Gasteiger partial charge < -0.3 is 15.8 Å². The van der Waals surface area contributed by atoms with Crippen LogP contribution in [0.25, 0.3) is 0 Å². The topological polar surface area (TPSA) is 90.0 Å². The summed E-state index contributed by atoms with van der Waals surface area (Å²) < 4.78 is 43.8. The molecule has 1 saturated carbocycles. The Morgan fingerprint density at radius 3 is 2.76 bits per heavy atom. The zero-order valence-electron chi connectivity index (χ0n) is 19.0. The van der Waals surface area contributed by atoms with Crippen LogP contribution in [-0.2, 0) is 0 Å². The summed E-state index contributed by atoms with van der Waals surface area (Å²) in [4.78, 5) is 8.47. The van der Waals surface area contributed by atoms with Gasteiger partial charge in [0.2, 0.25) is 0 Å². The Morgan fingerprint density at radius 2 is 2.09 bits per heavy atom. The fraction of sp³-hybridized carbons (Fsp3) is 0.565. The number of nitrogens with two attached hydrogens (primary N) is 1. The van der Waals surface area contributed by atoms with E-state index in [1.807, 2.05) is 24.0 Å². The lowest BCUT2D eigenvalue weighted by molar-refractivity contribution is -0.140. The third-order valence-electron chi connectivity index (χ3n) is 6.50. The van der Waals surface area contributed by atoms with Gasteiger partial charge in [-0.05, 0) is 51.0 Å². The Labute approximate surface area is 192 Å². The van der Waals surface area contributed by atoms with E-state index in [4.69, 9.17) is 15.9 Å². The molecule has 10 heteroatoms. The van der Waals surface area contributed by atoms with Crippen LogP contribution in [0, 0.1) is 5.41 Å². The predicted octanol–water partition coefficient (Wildman–Crippen LogP) is 3.37. The van der Waals surface area contributed by atoms with Crippen LogP contribution in [0.15, 0.2) is 35.0 Å². The molecule has 2 fully saturated rings. The molecule has 1 aromatic rings. The second kappa shape index (κ2) is 8.98. The number of nitrogens with one attached hydrogen (secondary N) is 2. The van der Waals surface area contributed by atoms with Gasteiger partial charge in [0.1, 0.15) is 17.5 Å². The Hall–Kier alpha value is -2.59. The SMILES string of the molecule is CC1CN(C2C=C(C(=N)c3cc(OC4(C)CC4)ccc3N)NC=N2)CCN1CCC(F)(F)F. The minimum absolute atomic E-state index is 0.0104. The Kier molecular flexibility index (Phi) is 6.41. The lowest BCUT2D eigenvalue weighted by Gasteiger charge is -2.42. The molecule has 2 unspecified atom stereocenters. The van der Waals surface area contributed by atoms with Crippen LogP contribution >= 0.6 is 0 Å². The molecule has 1 aromatic carbocycles. The molecular weight excluding hydrogens is 433 g/mol. The van der Waals surface area contributed by atoms with Crippen LogP contribution in [0.5, 0.6) is 5.75 Å². The van der Waals surface area contributed by atoms with Crippen LogP contribution in [-0.4, -0.2) is 72.0 Å². The second-order valence-electron chi connectivity index (χ2n) is 9.34. The molecule has 2 atom stereocenters. The van der Waals surface area contributed by atoms with Gasteiger partial charge in [-0.3, -0.25) is 20.2 Å². The van der Waals surface area contributed by atoms with Crippen molar-refractivity contribution in [1.29, 1.82) is 5.41 Å². The first-order valence-electron chi connectivity index (χ1n) is 11.3. The minimum Gasteiger partial charge on any atom is -0.488 e. The van der Waals surface area contributed by atoms with Gasteiger partial charge in [-0.2, -0.15) is 13.2 Å². The van der Waals surface area contributed by atoms with Gasteiger partial charge in [0.05, 0.1) is 24.2 Å². The molecule has 7 nitrogen and oxygen atoms in total. The Bertz CT molecular complexity index is 956. The number of halogens is 3. The molecule has 3 aliphatic rings. The van der Waals surface area contributed by atoms with E-state index in [1.54, 1.807) is 18.5 Å². The van der Waals surface area contributed by atoms with E-state index in [1.165, 1.54) is 0 Å². The average Bonchev–Trinajstić information content (AvgIpc) is 3.49. The number of hydrogen-bond donors (Lipinski definition) is 3. The second-order valence-corrected chi connectivity index (χ2v) is 9.34. The van der Waals surface area contributed by atoms with Gasteiger partial charge in [-0.1, -0.05) is 0 Å². The number of allylic oxidation sites excluding steroid dienone is 1. The van der Waals surface area contributed by atoms with Crippen LogP contribution in [0.2, 0.25) is 0 Å². The molecule has 4 rings (SSSR count). The highest BCUT2D eigenvalue weighted by Gasteiger charge is 2.40. The largest absolute Gasteiger partial charge is 0.488 e. The van der Waals surface area contributed by atoms with E-state index >= 15 is 0 Å². The molecule has 0 aromatic heterocycles. The third kappa shape index (κ3) is 5.86. The molecule has 180 valence electrons. The molecule has 2 aliphatic heterocycles. The van der Waals surface area contributed by atoms with Crippen molar-refractivity contribution in [2.24, 2.45) is 4.99 Å². The van der Waals surface area contributed by atoms with E-state index in [-0.39, 0.29) is 30.1 Å². The number of aliphatic imine (C=N–C) groups is 1. The molecule has 0 radical (unpaired) electrons. The molecule has 4 N–H and O–H groups in total. The molecule has 0 bridgehead atoms. The molecule has 0 amide bonds. The van der Waals surface area contributed by atoms with Crippen molar-refractivity contribution in [3.63, 3.8) is 0 Å². The van der Waals surface area contributed by atoms with Crippen molar-refractivity contribution in [1.82, 2.24) is 15.1 Å². The van der Waals surface area contributed by atoms with Crippen LogP contribution in [0.4, 0.5) is 18.9 Å². The maximum Gasteiger partial charge on any atom is 0.390 e. The number of nitrogen functional groups attached to an aromatic ring is 1. The molecular formula is C23H31F3N6O. The van der Waals surface area contributed by atoms with Gasteiger partial charge >= 0.3 is 6.18 Å². The number of benzene rings is 1. The standard InChI is InChI=1S/C23H31F3N6O/c1-15-13-32(10-9-31(15)8-7-23(24,25)26)20-12-19(29-14-30-20)21(28)17-11-16(3-4-18(17)27)33-22(2)5-6-22/h3-4,11-12,14-15,20,28H,5-10,13,27H2,1-2H3,(H,29,30).